The number of fused-ring (bicyclic) bond motifs is 1. The maximum Gasteiger partial charge on any atom is 0.328 e. The molecule has 0 unspecified atom stereocenters. The molecule has 5 heteroatoms. The standard InChI is InChI=1S/C19H20N2O3/c1-3-18-21-15-12-14(9-10-17(15)24-18)20-16(19(22)23-2)11-13-7-5-4-6-8-13/h4-10,12,16,20H,3,11H2,1-2H3/t16-/m0/s1. The molecule has 0 bridgehead atoms. The first-order valence-electron chi connectivity index (χ1n) is 7.97. The van der Waals surface area contributed by atoms with E-state index in [1.165, 1.54) is 7.11 Å². The van der Waals surface area contributed by atoms with Crippen molar-refractivity contribution in [3.05, 3.63) is 60.0 Å². The minimum absolute atomic E-state index is 0.298. The highest BCUT2D eigenvalue weighted by atomic mass is 16.5. The molecule has 3 aromatic rings. The van der Waals surface area contributed by atoms with E-state index in [9.17, 15) is 4.79 Å². The molecule has 0 aliphatic carbocycles. The van der Waals surface area contributed by atoms with Crippen LogP contribution in [-0.4, -0.2) is 24.1 Å². The topological polar surface area (TPSA) is 64.4 Å². The van der Waals surface area contributed by atoms with E-state index >= 15 is 0 Å². The van der Waals surface area contributed by atoms with Crippen LogP contribution in [0.25, 0.3) is 11.1 Å². The number of rotatable bonds is 6. The second-order valence-corrected chi connectivity index (χ2v) is 5.55. The quantitative estimate of drug-likeness (QED) is 0.702. The van der Waals surface area contributed by atoms with Crippen LogP contribution in [0, 0.1) is 0 Å². The minimum Gasteiger partial charge on any atom is -0.467 e. The lowest BCUT2D eigenvalue weighted by Crippen LogP contribution is -2.32. The molecule has 0 fully saturated rings. The molecular formula is C19H20N2O3. The fraction of sp³-hybridized carbons (Fsp3) is 0.263. The lowest BCUT2D eigenvalue weighted by atomic mass is 10.1. The van der Waals surface area contributed by atoms with Gasteiger partial charge in [0, 0.05) is 18.5 Å². The highest BCUT2D eigenvalue weighted by molar-refractivity contribution is 5.82. The van der Waals surface area contributed by atoms with Gasteiger partial charge >= 0.3 is 5.97 Å². The van der Waals surface area contributed by atoms with Crippen LogP contribution in [0.15, 0.2) is 52.9 Å². The number of nitrogens with one attached hydrogen (secondary N) is 1. The molecule has 124 valence electrons. The van der Waals surface area contributed by atoms with Gasteiger partial charge in [0.15, 0.2) is 11.5 Å². The molecular weight excluding hydrogens is 304 g/mol. The molecule has 5 nitrogen and oxygen atoms in total. The van der Waals surface area contributed by atoms with Crippen molar-refractivity contribution in [1.82, 2.24) is 4.98 Å². The number of anilines is 1. The summed E-state index contributed by atoms with van der Waals surface area (Å²) in [5, 5.41) is 3.24. The highest BCUT2D eigenvalue weighted by Gasteiger charge is 2.20. The summed E-state index contributed by atoms with van der Waals surface area (Å²) in [5.74, 6) is 0.407. The number of oxazole rings is 1. The van der Waals surface area contributed by atoms with Crippen LogP contribution in [0.3, 0.4) is 0 Å². The van der Waals surface area contributed by atoms with Crippen molar-refractivity contribution in [2.45, 2.75) is 25.8 Å². The van der Waals surface area contributed by atoms with Crippen molar-refractivity contribution >= 4 is 22.8 Å². The number of aryl methyl sites for hydroxylation is 1. The first kappa shape index (κ1) is 16.1. The number of esters is 1. The first-order valence-corrected chi connectivity index (χ1v) is 7.97. The maximum atomic E-state index is 12.1. The van der Waals surface area contributed by atoms with Crippen LogP contribution in [0.4, 0.5) is 5.69 Å². The van der Waals surface area contributed by atoms with Gasteiger partial charge in [-0.05, 0) is 23.8 Å². The smallest absolute Gasteiger partial charge is 0.328 e. The van der Waals surface area contributed by atoms with Crippen LogP contribution < -0.4 is 5.32 Å². The summed E-state index contributed by atoms with van der Waals surface area (Å²) in [6.45, 7) is 2.00. The lowest BCUT2D eigenvalue weighted by Gasteiger charge is -2.17. The fourth-order valence-corrected chi connectivity index (χ4v) is 2.60. The van der Waals surface area contributed by atoms with Crippen molar-refractivity contribution in [1.29, 1.82) is 0 Å². The SMILES string of the molecule is CCc1nc2cc(N[C@@H](Cc3ccccc3)C(=O)OC)ccc2o1. The second kappa shape index (κ2) is 7.17. The van der Waals surface area contributed by atoms with Gasteiger partial charge in [-0.15, -0.1) is 0 Å². The zero-order chi connectivity index (χ0) is 16.9. The molecule has 1 heterocycles. The average molecular weight is 324 g/mol. The van der Waals surface area contributed by atoms with Gasteiger partial charge in [-0.3, -0.25) is 0 Å². The molecule has 1 N–H and O–H groups in total. The zero-order valence-electron chi connectivity index (χ0n) is 13.8. The fourth-order valence-electron chi connectivity index (χ4n) is 2.60. The molecule has 2 aromatic carbocycles. The number of hydrogen-bond donors (Lipinski definition) is 1. The van der Waals surface area contributed by atoms with E-state index in [4.69, 9.17) is 9.15 Å². The number of ether oxygens (including phenoxy) is 1. The molecule has 0 radical (unpaired) electrons. The monoisotopic (exact) mass is 324 g/mol. The Balaban J connectivity index is 1.82. The van der Waals surface area contributed by atoms with Gasteiger partial charge in [-0.1, -0.05) is 37.3 Å². The summed E-state index contributed by atoms with van der Waals surface area (Å²) in [5.41, 5.74) is 3.40. The summed E-state index contributed by atoms with van der Waals surface area (Å²) in [7, 11) is 1.40. The summed E-state index contributed by atoms with van der Waals surface area (Å²) in [6.07, 6.45) is 1.29. The zero-order valence-corrected chi connectivity index (χ0v) is 13.8. The van der Waals surface area contributed by atoms with Gasteiger partial charge < -0.3 is 14.5 Å². The van der Waals surface area contributed by atoms with Crippen LogP contribution >= 0.6 is 0 Å². The Labute approximate surface area is 140 Å². The van der Waals surface area contributed by atoms with Crippen LogP contribution in [-0.2, 0) is 22.4 Å². The van der Waals surface area contributed by atoms with E-state index in [0.29, 0.717) is 12.3 Å². The largest absolute Gasteiger partial charge is 0.467 e. The lowest BCUT2D eigenvalue weighted by molar-refractivity contribution is -0.141. The third-order valence-electron chi connectivity index (χ3n) is 3.84. The van der Waals surface area contributed by atoms with Gasteiger partial charge in [-0.25, -0.2) is 9.78 Å². The second-order valence-electron chi connectivity index (χ2n) is 5.55. The van der Waals surface area contributed by atoms with Gasteiger partial charge in [0.1, 0.15) is 11.6 Å². The summed E-state index contributed by atoms with van der Waals surface area (Å²) in [4.78, 5) is 16.5. The Kier molecular flexibility index (Phi) is 4.79. The maximum absolute atomic E-state index is 12.1. The van der Waals surface area contributed by atoms with Crippen molar-refractivity contribution < 1.29 is 13.9 Å². The van der Waals surface area contributed by atoms with Crippen molar-refractivity contribution in [3.8, 4) is 0 Å². The van der Waals surface area contributed by atoms with E-state index in [1.54, 1.807) is 0 Å². The Morgan fingerprint density at radius 3 is 2.75 bits per heavy atom. The Bertz CT molecular complexity index is 827. The number of aromatic nitrogens is 1. The van der Waals surface area contributed by atoms with Crippen molar-refractivity contribution in [2.75, 3.05) is 12.4 Å². The van der Waals surface area contributed by atoms with E-state index < -0.39 is 6.04 Å². The van der Waals surface area contributed by atoms with Gasteiger partial charge in [0.05, 0.1) is 7.11 Å². The molecule has 24 heavy (non-hydrogen) atoms. The van der Waals surface area contributed by atoms with Gasteiger partial charge in [0.2, 0.25) is 0 Å². The molecule has 3 rings (SSSR count). The molecule has 1 atom stereocenters. The third-order valence-corrected chi connectivity index (χ3v) is 3.84. The molecule has 0 spiro atoms. The molecule has 0 aliphatic heterocycles. The number of nitrogens with zero attached hydrogens (tertiary/aromatic N) is 1. The van der Waals surface area contributed by atoms with E-state index in [2.05, 4.69) is 10.3 Å². The predicted octanol–water partition coefficient (Wildman–Crippen LogP) is 3.59. The number of benzene rings is 2. The van der Waals surface area contributed by atoms with E-state index in [1.807, 2.05) is 55.5 Å². The van der Waals surface area contributed by atoms with Crippen LogP contribution in [0.2, 0.25) is 0 Å². The molecule has 0 aliphatic rings. The third kappa shape index (κ3) is 3.56. The van der Waals surface area contributed by atoms with Crippen molar-refractivity contribution in [2.24, 2.45) is 0 Å². The molecule has 0 saturated carbocycles. The van der Waals surface area contributed by atoms with E-state index in [0.717, 1.165) is 28.8 Å². The number of carbonyl (C=O) groups is 1. The molecule has 0 saturated heterocycles. The number of methoxy groups -OCH3 is 1. The van der Waals surface area contributed by atoms with E-state index in [-0.39, 0.29) is 5.97 Å². The molecule has 0 amide bonds. The average Bonchev–Trinajstić information content (AvgIpc) is 3.04. The number of carbonyl (C=O) groups excluding carboxylic acids is 1. The van der Waals surface area contributed by atoms with Gasteiger partial charge in [0.25, 0.3) is 0 Å². The Morgan fingerprint density at radius 2 is 2.04 bits per heavy atom. The first-order chi connectivity index (χ1) is 11.7. The van der Waals surface area contributed by atoms with Crippen molar-refractivity contribution in [3.63, 3.8) is 0 Å². The molecule has 1 aromatic heterocycles. The predicted molar refractivity (Wildman–Crippen MR) is 93.0 cm³/mol. The highest BCUT2D eigenvalue weighted by Crippen LogP contribution is 2.21. The van der Waals surface area contributed by atoms with Gasteiger partial charge in [-0.2, -0.15) is 0 Å². The summed E-state index contributed by atoms with van der Waals surface area (Å²) >= 11 is 0. The minimum atomic E-state index is -0.465. The Morgan fingerprint density at radius 1 is 1.25 bits per heavy atom. The summed E-state index contributed by atoms with van der Waals surface area (Å²) in [6, 6.07) is 15.0. The number of hydrogen-bond acceptors (Lipinski definition) is 5. The summed E-state index contributed by atoms with van der Waals surface area (Å²) < 4.78 is 10.5. The van der Waals surface area contributed by atoms with Crippen LogP contribution in [0.5, 0.6) is 0 Å². The normalized spacial score (nSPS) is 12.1. The Hall–Kier alpha value is -2.82. The van der Waals surface area contributed by atoms with Crippen LogP contribution in [0.1, 0.15) is 18.4 Å².